The van der Waals surface area contributed by atoms with Crippen LogP contribution in [0.15, 0.2) is 12.1 Å². The van der Waals surface area contributed by atoms with E-state index in [4.69, 9.17) is 11.0 Å². The topological polar surface area (TPSA) is 85.3 Å². The summed E-state index contributed by atoms with van der Waals surface area (Å²) in [5.41, 5.74) is 4.51. The fourth-order valence-corrected chi connectivity index (χ4v) is 1.41. The number of rotatable bonds is 3. The molecule has 0 amide bonds. The number of esters is 1. The zero-order chi connectivity index (χ0) is 14.6. The van der Waals surface area contributed by atoms with Crippen LogP contribution in [0.25, 0.3) is 0 Å². The van der Waals surface area contributed by atoms with Crippen molar-refractivity contribution in [1.29, 1.82) is 5.26 Å². The first kappa shape index (κ1) is 14.8. The Labute approximate surface area is 106 Å². The number of nitrogens with zero attached hydrogens (tertiary/aromatic N) is 1. The van der Waals surface area contributed by atoms with Crippen LogP contribution in [0.2, 0.25) is 0 Å². The number of alkyl halides is 3. The summed E-state index contributed by atoms with van der Waals surface area (Å²) in [4.78, 5) is 11.4. The molecule has 0 spiro atoms. The number of methoxy groups -OCH3 is 1. The van der Waals surface area contributed by atoms with Crippen molar-refractivity contribution in [2.45, 2.75) is 12.9 Å². The lowest BCUT2D eigenvalue weighted by atomic mass is 10.0. The second-order valence-electron chi connectivity index (χ2n) is 3.33. The van der Waals surface area contributed by atoms with Crippen molar-refractivity contribution in [3.8, 4) is 11.8 Å². The van der Waals surface area contributed by atoms with Crippen LogP contribution in [0.4, 0.5) is 13.2 Å². The maximum Gasteiger partial charge on any atom is 0.573 e. The lowest BCUT2D eigenvalue weighted by Crippen LogP contribution is -2.21. The minimum atomic E-state index is -5.04. The molecule has 1 rings (SSSR count). The molecule has 0 unspecified atom stereocenters. The molecule has 1 aromatic carbocycles. The number of carbonyl (C=O) groups is 1. The maximum atomic E-state index is 12.3. The van der Waals surface area contributed by atoms with Crippen molar-refractivity contribution in [1.82, 2.24) is 0 Å². The van der Waals surface area contributed by atoms with Gasteiger partial charge in [0.05, 0.1) is 12.7 Å². The summed E-state index contributed by atoms with van der Waals surface area (Å²) in [7, 11) is 1.00. The van der Waals surface area contributed by atoms with E-state index in [1.807, 2.05) is 0 Å². The van der Waals surface area contributed by atoms with E-state index in [1.54, 1.807) is 6.07 Å². The van der Waals surface area contributed by atoms with Crippen molar-refractivity contribution < 1.29 is 27.4 Å². The number of nitrogens with two attached hydrogens (primary N) is 1. The molecule has 0 bridgehead atoms. The molecule has 0 fully saturated rings. The molecule has 0 saturated heterocycles. The Morgan fingerprint density at radius 1 is 1.47 bits per heavy atom. The second kappa shape index (κ2) is 5.58. The molecule has 0 heterocycles. The van der Waals surface area contributed by atoms with Gasteiger partial charge in [0.1, 0.15) is 11.6 Å². The van der Waals surface area contributed by atoms with Gasteiger partial charge in [-0.3, -0.25) is 0 Å². The summed E-state index contributed by atoms with van der Waals surface area (Å²) < 4.78 is 45.1. The number of benzene rings is 1. The van der Waals surface area contributed by atoms with Crippen LogP contribution in [0.1, 0.15) is 21.5 Å². The number of hydrogen-bond acceptors (Lipinski definition) is 5. The molecule has 0 atom stereocenters. The number of ether oxygens (including phenoxy) is 2. The third kappa shape index (κ3) is 3.35. The fourth-order valence-electron chi connectivity index (χ4n) is 1.41. The maximum absolute atomic E-state index is 12.3. The van der Waals surface area contributed by atoms with E-state index in [0.29, 0.717) is 0 Å². The average Bonchev–Trinajstić information content (AvgIpc) is 2.35. The molecule has 0 aromatic heterocycles. The molecule has 0 radical (unpaired) electrons. The number of halogens is 3. The molecule has 8 heteroatoms. The van der Waals surface area contributed by atoms with Gasteiger partial charge in [-0.25, -0.2) is 4.79 Å². The Bertz CT molecular complexity index is 535. The first-order chi connectivity index (χ1) is 8.84. The number of nitriles is 1. The largest absolute Gasteiger partial charge is 0.573 e. The van der Waals surface area contributed by atoms with Crippen LogP contribution in [0, 0.1) is 11.3 Å². The highest BCUT2D eigenvalue weighted by Crippen LogP contribution is 2.32. The first-order valence-corrected chi connectivity index (χ1v) is 4.94. The van der Waals surface area contributed by atoms with Gasteiger partial charge in [-0.2, -0.15) is 5.26 Å². The predicted molar refractivity (Wildman–Crippen MR) is 57.1 cm³/mol. The summed E-state index contributed by atoms with van der Waals surface area (Å²) in [6.45, 7) is -0.168. The normalized spacial score (nSPS) is 10.7. The zero-order valence-electron chi connectivity index (χ0n) is 9.75. The van der Waals surface area contributed by atoms with Crippen LogP contribution in [0.3, 0.4) is 0 Å². The summed E-state index contributed by atoms with van der Waals surface area (Å²) in [5, 5.41) is 8.90. The van der Waals surface area contributed by atoms with E-state index in [9.17, 15) is 18.0 Å². The van der Waals surface area contributed by atoms with Crippen molar-refractivity contribution in [2.24, 2.45) is 5.73 Å². The first-order valence-electron chi connectivity index (χ1n) is 4.94. The molecule has 1 aromatic rings. The minimum Gasteiger partial charge on any atom is -0.465 e. The van der Waals surface area contributed by atoms with Crippen molar-refractivity contribution >= 4 is 5.97 Å². The van der Waals surface area contributed by atoms with Gasteiger partial charge < -0.3 is 15.2 Å². The highest BCUT2D eigenvalue weighted by Gasteiger charge is 2.35. The smallest absolute Gasteiger partial charge is 0.465 e. The van der Waals surface area contributed by atoms with Gasteiger partial charge in [0, 0.05) is 6.54 Å². The minimum absolute atomic E-state index is 0.134. The Kier molecular flexibility index (Phi) is 4.34. The summed E-state index contributed by atoms with van der Waals surface area (Å²) >= 11 is 0. The standard InChI is InChI=1S/C11H9F3N2O3/c1-18-10(17)7-3-2-6(4-15)8(5-16)9(7)19-11(12,13)14/h2-3H,4,15H2,1H3. The van der Waals surface area contributed by atoms with Crippen molar-refractivity contribution in [3.63, 3.8) is 0 Å². The van der Waals surface area contributed by atoms with Crippen LogP contribution in [0.5, 0.6) is 5.75 Å². The third-order valence-electron chi connectivity index (χ3n) is 2.20. The summed E-state index contributed by atoms with van der Waals surface area (Å²) in [6.07, 6.45) is -5.04. The molecule has 19 heavy (non-hydrogen) atoms. The fraction of sp³-hybridized carbons (Fsp3) is 0.273. The predicted octanol–water partition coefficient (Wildman–Crippen LogP) is 1.70. The lowest BCUT2D eigenvalue weighted by molar-refractivity contribution is -0.274. The van der Waals surface area contributed by atoms with Gasteiger partial charge in [0.15, 0.2) is 5.75 Å². The van der Waals surface area contributed by atoms with Crippen molar-refractivity contribution in [3.05, 3.63) is 28.8 Å². The summed E-state index contributed by atoms with van der Waals surface area (Å²) in [5.74, 6) is -1.94. The van der Waals surface area contributed by atoms with E-state index in [0.717, 1.165) is 13.2 Å². The van der Waals surface area contributed by atoms with E-state index < -0.39 is 29.2 Å². The molecule has 5 nitrogen and oxygen atoms in total. The van der Waals surface area contributed by atoms with Gasteiger partial charge in [-0.1, -0.05) is 6.07 Å². The monoisotopic (exact) mass is 274 g/mol. The Hall–Kier alpha value is -2.27. The van der Waals surface area contributed by atoms with E-state index in [-0.39, 0.29) is 12.1 Å². The van der Waals surface area contributed by atoms with E-state index >= 15 is 0 Å². The molecule has 0 aliphatic heterocycles. The second-order valence-corrected chi connectivity index (χ2v) is 3.33. The lowest BCUT2D eigenvalue weighted by Gasteiger charge is -2.15. The Morgan fingerprint density at radius 2 is 2.11 bits per heavy atom. The van der Waals surface area contributed by atoms with Gasteiger partial charge >= 0.3 is 12.3 Å². The van der Waals surface area contributed by atoms with E-state index in [2.05, 4.69) is 9.47 Å². The van der Waals surface area contributed by atoms with Crippen LogP contribution in [-0.2, 0) is 11.3 Å². The molecule has 2 N–H and O–H groups in total. The quantitative estimate of drug-likeness (QED) is 0.848. The number of hydrogen-bond donors (Lipinski definition) is 1. The van der Waals surface area contributed by atoms with Crippen LogP contribution < -0.4 is 10.5 Å². The highest BCUT2D eigenvalue weighted by molar-refractivity contribution is 5.93. The SMILES string of the molecule is COC(=O)c1ccc(CN)c(C#N)c1OC(F)(F)F. The van der Waals surface area contributed by atoms with Crippen LogP contribution in [-0.4, -0.2) is 19.4 Å². The molecule has 0 saturated carbocycles. The van der Waals surface area contributed by atoms with Gasteiger partial charge in [-0.05, 0) is 11.6 Å². The van der Waals surface area contributed by atoms with E-state index in [1.165, 1.54) is 6.07 Å². The number of carbonyl (C=O) groups excluding carboxylic acids is 1. The van der Waals surface area contributed by atoms with Gasteiger partial charge in [-0.15, -0.1) is 13.2 Å². The Morgan fingerprint density at radius 3 is 2.53 bits per heavy atom. The molecule has 0 aliphatic rings. The average molecular weight is 274 g/mol. The molecule has 102 valence electrons. The zero-order valence-corrected chi connectivity index (χ0v) is 9.75. The van der Waals surface area contributed by atoms with Gasteiger partial charge in [0.25, 0.3) is 0 Å². The highest BCUT2D eigenvalue weighted by atomic mass is 19.4. The molecule has 0 aliphatic carbocycles. The third-order valence-corrected chi connectivity index (χ3v) is 2.20. The Balaban J connectivity index is 3.50. The molecular formula is C11H9F3N2O3. The molecular weight excluding hydrogens is 265 g/mol. The summed E-state index contributed by atoms with van der Waals surface area (Å²) in [6, 6.07) is 3.88. The van der Waals surface area contributed by atoms with Crippen molar-refractivity contribution in [2.75, 3.05) is 7.11 Å². The van der Waals surface area contributed by atoms with Gasteiger partial charge in [0.2, 0.25) is 0 Å². The van der Waals surface area contributed by atoms with Crippen LogP contribution >= 0.6 is 0 Å².